The van der Waals surface area contributed by atoms with Crippen LogP contribution in [0.15, 0.2) is 142 Å². The quantitative estimate of drug-likeness (QED) is 0.208. The molecule has 0 atom stereocenters. The summed E-state index contributed by atoms with van der Waals surface area (Å²) < 4.78 is 14.5. The van der Waals surface area contributed by atoms with Crippen LogP contribution in [0.2, 0.25) is 0 Å². The number of hydrogen-bond acceptors (Lipinski definition) is 5. The molecule has 0 N–H and O–H groups in total. The molecule has 6 aromatic carbocycles. The first kappa shape index (κ1) is 25.1. The Labute approximate surface area is 257 Å². The number of rotatable bonds is 4. The average Bonchev–Trinajstić information content (AvgIpc) is 3.81. The predicted octanol–water partition coefficient (Wildman–Crippen LogP) is 9.94. The zero-order chi connectivity index (χ0) is 29.9. The molecule has 0 fully saturated rings. The van der Waals surface area contributed by atoms with Crippen molar-refractivity contribution in [2.75, 3.05) is 0 Å². The molecule has 45 heavy (non-hydrogen) atoms. The second kappa shape index (κ2) is 9.80. The van der Waals surface area contributed by atoms with E-state index in [-0.39, 0.29) is 0 Å². The molecule has 0 amide bonds. The van der Waals surface area contributed by atoms with Crippen molar-refractivity contribution in [1.82, 2.24) is 14.5 Å². The molecule has 0 aliphatic carbocycles. The van der Waals surface area contributed by atoms with E-state index in [9.17, 15) is 5.26 Å². The van der Waals surface area contributed by atoms with Gasteiger partial charge in [0.05, 0.1) is 22.7 Å². The van der Waals surface area contributed by atoms with E-state index in [0.29, 0.717) is 17.3 Å². The zero-order valence-corrected chi connectivity index (χ0v) is 23.8. The molecule has 3 heterocycles. The van der Waals surface area contributed by atoms with E-state index < -0.39 is 0 Å². The second-order valence-electron chi connectivity index (χ2n) is 11.0. The van der Waals surface area contributed by atoms with Gasteiger partial charge in [-0.3, -0.25) is 0 Å². The molecule has 0 radical (unpaired) electrons. The van der Waals surface area contributed by atoms with Crippen LogP contribution in [0.5, 0.6) is 0 Å². The second-order valence-corrected chi connectivity index (χ2v) is 11.0. The fourth-order valence-corrected chi connectivity index (χ4v) is 6.19. The Balaban J connectivity index is 1.30. The number of benzene rings is 6. The first-order chi connectivity index (χ1) is 22.2. The zero-order valence-electron chi connectivity index (χ0n) is 23.8. The van der Waals surface area contributed by atoms with Gasteiger partial charge in [-0.15, -0.1) is 0 Å². The maximum atomic E-state index is 10.3. The number of oxazole rings is 2. The smallest absolute Gasteiger partial charge is 0.227 e. The molecule has 9 rings (SSSR count). The average molecular weight is 579 g/mol. The Hall–Kier alpha value is -6.45. The third kappa shape index (κ3) is 4.03. The van der Waals surface area contributed by atoms with Crippen LogP contribution < -0.4 is 0 Å². The first-order valence-corrected chi connectivity index (χ1v) is 14.6. The first-order valence-electron chi connectivity index (χ1n) is 14.6. The van der Waals surface area contributed by atoms with Crippen LogP contribution in [-0.2, 0) is 0 Å². The molecule has 0 unspecified atom stereocenters. The Morgan fingerprint density at radius 1 is 0.533 bits per heavy atom. The number of nitriles is 1. The molecule has 210 valence electrons. The summed E-state index contributed by atoms with van der Waals surface area (Å²) >= 11 is 0. The largest absolute Gasteiger partial charge is 0.436 e. The molecule has 0 aliphatic rings. The Morgan fingerprint density at radius 2 is 1.09 bits per heavy atom. The molecule has 6 nitrogen and oxygen atoms in total. The van der Waals surface area contributed by atoms with Crippen LogP contribution in [0.3, 0.4) is 0 Å². The van der Waals surface area contributed by atoms with Gasteiger partial charge in [0.15, 0.2) is 11.2 Å². The topological polar surface area (TPSA) is 80.8 Å². The highest BCUT2D eigenvalue weighted by Crippen LogP contribution is 2.38. The van der Waals surface area contributed by atoms with E-state index in [1.165, 1.54) is 0 Å². The van der Waals surface area contributed by atoms with Gasteiger partial charge in [-0.05, 0) is 71.8 Å². The molecular formula is C39H22N4O2. The SMILES string of the molecule is N#Cc1cc(-n2c3cc(-c4nc5ccccc5o4)ccc3c3ccc(-c4nc5ccccc5o4)cc32)ccc1-c1ccccc1. The van der Waals surface area contributed by atoms with Crippen molar-refractivity contribution in [3.8, 4) is 45.8 Å². The summed E-state index contributed by atoms with van der Waals surface area (Å²) in [6, 6.07) is 46.5. The lowest BCUT2D eigenvalue weighted by Crippen LogP contribution is -1.96. The fraction of sp³-hybridized carbons (Fsp3) is 0. The van der Waals surface area contributed by atoms with Crippen LogP contribution in [-0.4, -0.2) is 14.5 Å². The normalized spacial score (nSPS) is 11.5. The van der Waals surface area contributed by atoms with E-state index in [2.05, 4.69) is 41.0 Å². The predicted molar refractivity (Wildman–Crippen MR) is 177 cm³/mol. The van der Waals surface area contributed by atoms with Gasteiger partial charge in [0.25, 0.3) is 0 Å². The highest BCUT2D eigenvalue weighted by molar-refractivity contribution is 6.11. The van der Waals surface area contributed by atoms with Crippen LogP contribution >= 0.6 is 0 Å². The van der Waals surface area contributed by atoms with Crippen LogP contribution in [0.4, 0.5) is 0 Å². The summed E-state index contributed by atoms with van der Waals surface area (Å²) in [5, 5.41) is 12.4. The highest BCUT2D eigenvalue weighted by atomic mass is 16.4. The summed E-state index contributed by atoms with van der Waals surface area (Å²) in [6.45, 7) is 0. The van der Waals surface area contributed by atoms with Gasteiger partial charge in [-0.2, -0.15) is 5.26 Å². The lowest BCUT2D eigenvalue weighted by atomic mass is 9.99. The third-order valence-electron chi connectivity index (χ3n) is 8.32. The van der Waals surface area contributed by atoms with E-state index >= 15 is 0 Å². The lowest BCUT2D eigenvalue weighted by Gasteiger charge is -2.12. The van der Waals surface area contributed by atoms with Crippen LogP contribution in [0.1, 0.15) is 5.56 Å². The number of fused-ring (bicyclic) bond motifs is 5. The van der Waals surface area contributed by atoms with Gasteiger partial charge in [-0.25, -0.2) is 9.97 Å². The summed E-state index contributed by atoms with van der Waals surface area (Å²) in [5.41, 5.74) is 10.1. The molecule has 0 saturated heterocycles. The van der Waals surface area contributed by atoms with Gasteiger partial charge in [0.1, 0.15) is 11.0 Å². The van der Waals surface area contributed by atoms with Crippen molar-refractivity contribution >= 4 is 44.0 Å². The minimum Gasteiger partial charge on any atom is -0.436 e. The number of nitrogens with zero attached hydrogens (tertiary/aromatic N) is 4. The molecule has 6 heteroatoms. The Bertz CT molecular complexity index is 2420. The molecule has 9 aromatic rings. The van der Waals surface area contributed by atoms with E-state index in [1.807, 2.05) is 103 Å². The van der Waals surface area contributed by atoms with Crippen LogP contribution in [0.25, 0.3) is 83.7 Å². The lowest BCUT2D eigenvalue weighted by molar-refractivity contribution is 0.619. The molecular weight excluding hydrogens is 556 g/mol. The van der Waals surface area contributed by atoms with Crippen molar-refractivity contribution in [3.05, 3.63) is 139 Å². The maximum Gasteiger partial charge on any atom is 0.227 e. The van der Waals surface area contributed by atoms with Crippen molar-refractivity contribution in [1.29, 1.82) is 5.26 Å². The Kier molecular flexibility index (Phi) is 5.46. The minimum atomic E-state index is 0.555. The van der Waals surface area contributed by atoms with Gasteiger partial charge in [0.2, 0.25) is 11.8 Å². The number of hydrogen-bond donors (Lipinski definition) is 0. The van der Waals surface area contributed by atoms with E-state index in [4.69, 9.17) is 18.8 Å². The molecule has 3 aromatic heterocycles. The summed E-state index contributed by atoms with van der Waals surface area (Å²) in [5.74, 6) is 1.11. The van der Waals surface area contributed by atoms with Gasteiger partial charge in [0, 0.05) is 27.6 Å². The van der Waals surface area contributed by atoms with Gasteiger partial charge in [-0.1, -0.05) is 72.8 Å². The number of para-hydroxylation sites is 4. The molecule has 0 spiro atoms. The van der Waals surface area contributed by atoms with E-state index in [1.54, 1.807) is 0 Å². The van der Waals surface area contributed by atoms with Crippen molar-refractivity contribution in [3.63, 3.8) is 0 Å². The maximum absolute atomic E-state index is 10.3. The van der Waals surface area contributed by atoms with Crippen molar-refractivity contribution in [2.24, 2.45) is 0 Å². The summed E-state index contributed by atoms with van der Waals surface area (Å²) in [6.07, 6.45) is 0. The van der Waals surface area contributed by atoms with E-state index in [0.717, 1.165) is 71.9 Å². The summed E-state index contributed by atoms with van der Waals surface area (Å²) in [7, 11) is 0. The van der Waals surface area contributed by atoms with Gasteiger partial charge < -0.3 is 13.4 Å². The van der Waals surface area contributed by atoms with Crippen molar-refractivity contribution in [2.45, 2.75) is 0 Å². The molecule has 0 bridgehead atoms. The minimum absolute atomic E-state index is 0.555. The fourth-order valence-electron chi connectivity index (χ4n) is 6.19. The van der Waals surface area contributed by atoms with Gasteiger partial charge >= 0.3 is 0 Å². The van der Waals surface area contributed by atoms with Crippen LogP contribution in [0, 0.1) is 11.3 Å². The Morgan fingerprint density at radius 3 is 1.64 bits per heavy atom. The number of aromatic nitrogens is 3. The molecule has 0 saturated carbocycles. The highest BCUT2D eigenvalue weighted by Gasteiger charge is 2.19. The summed E-state index contributed by atoms with van der Waals surface area (Å²) in [4.78, 5) is 9.51. The molecule has 0 aliphatic heterocycles. The monoisotopic (exact) mass is 578 g/mol. The third-order valence-corrected chi connectivity index (χ3v) is 8.32. The standard InChI is InChI=1S/C39H22N4O2/c40-23-27-20-28(16-19-29(27)24-8-2-1-3-9-24)43-34-21-25(38-41-32-10-4-6-12-36(32)44-38)14-17-30(34)31-18-15-26(22-35(31)43)39-42-33-11-5-7-13-37(33)45-39/h1-22H. The van der Waals surface area contributed by atoms with Crippen molar-refractivity contribution < 1.29 is 8.83 Å².